The third kappa shape index (κ3) is 6.73. The number of methoxy groups -OCH3 is 1. The van der Waals surface area contributed by atoms with Gasteiger partial charge in [-0.3, -0.25) is 9.59 Å². The molecule has 3 aliphatic heterocycles. The summed E-state index contributed by atoms with van der Waals surface area (Å²) in [7, 11) is 1.67. The van der Waals surface area contributed by atoms with E-state index in [0.29, 0.717) is 12.5 Å². The minimum Gasteiger partial charge on any atom is -0.497 e. The molecule has 6 nitrogen and oxygen atoms in total. The van der Waals surface area contributed by atoms with E-state index in [9.17, 15) is 9.59 Å². The number of hydrogen-bond donors (Lipinski definition) is 1. The van der Waals surface area contributed by atoms with Crippen LogP contribution in [-0.2, 0) is 9.53 Å². The Kier molecular flexibility index (Phi) is 8.39. The summed E-state index contributed by atoms with van der Waals surface area (Å²) in [5.41, 5.74) is 2.88. The molecule has 3 saturated heterocycles. The predicted molar refractivity (Wildman–Crippen MR) is 141 cm³/mol. The number of nitrogens with one attached hydrogen (secondary N) is 1. The van der Waals surface area contributed by atoms with Crippen molar-refractivity contribution in [3.8, 4) is 5.75 Å². The van der Waals surface area contributed by atoms with Gasteiger partial charge in [-0.2, -0.15) is 0 Å². The van der Waals surface area contributed by atoms with Crippen LogP contribution in [0.25, 0.3) is 0 Å². The van der Waals surface area contributed by atoms with Crippen LogP contribution in [0.5, 0.6) is 5.75 Å². The fraction of sp³-hybridized carbons (Fsp3) is 0.333. The highest BCUT2D eigenvalue weighted by Crippen LogP contribution is 2.35. The zero-order valence-corrected chi connectivity index (χ0v) is 21.1. The number of carbonyl (C=O) groups is 2. The van der Waals surface area contributed by atoms with Gasteiger partial charge < -0.3 is 19.3 Å². The van der Waals surface area contributed by atoms with E-state index in [0.717, 1.165) is 59.6 Å². The summed E-state index contributed by atoms with van der Waals surface area (Å²) in [6.07, 6.45) is 2.11. The lowest BCUT2D eigenvalue weighted by Gasteiger charge is -2.51. The zero-order chi connectivity index (χ0) is 25.4. The third-order valence-electron chi connectivity index (χ3n) is 7.07. The molecule has 3 aromatic rings. The van der Waals surface area contributed by atoms with E-state index in [-0.39, 0.29) is 17.9 Å². The number of ether oxygens (including phenoxy) is 2. The Bertz CT molecular complexity index is 1140. The van der Waals surface area contributed by atoms with Gasteiger partial charge in [0.25, 0.3) is 0 Å². The van der Waals surface area contributed by atoms with Gasteiger partial charge in [-0.05, 0) is 24.3 Å². The summed E-state index contributed by atoms with van der Waals surface area (Å²) < 4.78 is 11.4. The van der Waals surface area contributed by atoms with Crippen LogP contribution in [0.4, 0.5) is 11.4 Å². The van der Waals surface area contributed by atoms with Gasteiger partial charge in [0.1, 0.15) is 18.8 Å². The molecular formula is C30H35N2O4+. The molecule has 1 N–H and O–H groups in total. The molecule has 0 amide bonds. The quantitative estimate of drug-likeness (QED) is 0.272. The number of quaternary nitrogens is 1. The zero-order valence-electron chi connectivity index (χ0n) is 21.1. The Hall–Kier alpha value is -3.64. The minimum atomic E-state index is -0.207. The van der Waals surface area contributed by atoms with Gasteiger partial charge in [0, 0.05) is 48.7 Å². The molecule has 188 valence electrons. The second-order valence-corrected chi connectivity index (χ2v) is 9.63. The molecule has 36 heavy (non-hydrogen) atoms. The molecule has 6 heteroatoms. The average Bonchev–Trinajstić information content (AvgIpc) is 2.90. The Morgan fingerprint density at radius 3 is 2.17 bits per heavy atom. The molecule has 3 fully saturated rings. The summed E-state index contributed by atoms with van der Waals surface area (Å²) in [4.78, 5) is 23.7. The monoisotopic (exact) mass is 487 g/mol. The highest BCUT2D eigenvalue weighted by molar-refractivity contribution is 5.96. The summed E-state index contributed by atoms with van der Waals surface area (Å²) in [6, 6.07) is 27.4. The number of anilines is 2. The Morgan fingerprint density at radius 2 is 1.53 bits per heavy atom. The van der Waals surface area contributed by atoms with Crippen LogP contribution >= 0.6 is 0 Å². The van der Waals surface area contributed by atoms with Crippen LogP contribution in [0, 0.1) is 5.92 Å². The molecule has 0 radical (unpaired) electrons. The van der Waals surface area contributed by atoms with Crippen molar-refractivity contribution >= 4 is 23.1 Å². The van der Waals surface area contributed by atoms with Gasteiger partial charge in [0.05, 0.1) is 20.2 Å². The van der Waals surface area contributed by atoms with Gasteiger partial charge in [-0.25, -0.2) is 0 Å². The fourth-order valence-electron chi connectivity index (χ4n) is 5.20. The maximum atomic E-state index is 12.5. The summed E-state index contributed by atoms with van der Waals surface area (Å²) in [5.74, 6) is 1.33. The number of piperidine rings is 3. The third-order valence-corrected chi connectivity index (χ3v) is 7.07. The topological polar surface area (TPSA) is 64.6 Å². The van der Waals surface area contributed by atoms with Crippen molar-refractivity contribution in [3.05, 3.63) is 90.5 Å². The van der Waals surface area contributed by atoms with E-state index in [1.165, 1.54) is 6.92 Å². The van der Waals surface area contributed by atoms with Crippen molar-refractivity contribution in [1.82, 2.24) is 0 Å². The molecule has 3 heterocycles. The van der Waals surface area contributed by atoms with Crippen molar-refractivity contribution in [3.63, 3.8) is 0 Å². The maximum absolute atomic E-state index is 12.5. The number of ketones is 1. The number of esters is 1. The molecule has 6 rings (SSSR count). The van der Waals surface area contributed by atoms with E-state index in [1.807, 2.05) is 84.9 Å². The molecule has 2 bridgehead atoms. The first-order valence-corrected chi connectivity index (χ1v) is 12.5. The first-order chi connectivity index (χ1) is 17.5. The molecule has 0 saturated carbocycles. The van der Waals surface area contributed by atoms with Gasteiger partial charge >= 0.3 is 5.97 Å². The number of nitrogens with zero attached hydrogens (tertiary/aromatic N) is 1. The Labute approximate surface area is 213 Å². The SMILES string of the molecule is CC(=O)OC1C[N+]2(CC(=O)c3ccccc3)CCC1CC2.COc1cccc(Nc2ccccc2)c1. The molecular weight excluding hydrogens is 452 g/mol. The molecule has 0 aromatic heterocycles. The van der Waals surface area contributed by atoms with Crippen molar-refractivity contribution in [2.24, 2.45) is 5.92 Å². The highest BCUT2D eigenvalue weighted by Gasteiger charge is 2.48. The van der Waals surface area contributed by atoms with Crippen LogP contribution in [0.2, 0.25) is 0 Å². The lowest BCUT2D eigenvalue weighted by atomic mass is 9.83. The number of fused-ring (bicyclic) bond motifs is 3. The van der Waals surface area contributed by atoms with Gasteiger partial charge in [0.2, 0.25) is 5.78 Å². The lowest BCUT2D eigenvalue weighted by Crippen LogP contribution is -2.65. The van der Waals surface area contributed by atoms with Crippen LogP contribution in [-0.4, -0.2) is 55.6 Å². The van der Waals surface area contributed by atoms with Crippen LogP contribution < -0.4 is 10.1 Å². The van der Waals surface area contributed by atoms with Crippen molar-refractivity contribution in [1.29, 1.82) is 0 Å². The second-order valence-electron chi connectivity index (χ2n) is 9.63. The second kappa shape index (κ2) is 11.9. The van der Waals surface area contributed by atoms with Crippen LogP contribution in [0.3, 0.4) is 0 Å². The number of benzene rings is 3. The van der Waals surface area contributed by atoms with E-state index in [2.05, 4.69) is 5.32 Å². The van der Waals surface area contributed by atoms with E-state index >= 15 is 0 Å². The predicted octanol–water partition coefficient (Wildman–Crippen LogP) is 5.48. The molecule has 3 aromatic carbocycles. The van der Waals surface area contributed by atoms with Crippen molar-refractivity contribution in [2.75, 3.05) is 38.6 Å². The first kappa shape index (κ1) is 25.5. The number of carbonyl (C=O) groups excluding carboxylic acids is 2. The van der Waals surface area contributed by atoms with E-state index in [4.69, 9.17) is 9.47 Å². The summed E-state index contributed by atoms with van der Waals surface area (Å²) in [6.45, 7) is 4.84. The molecule has 3 aliphatic rings. The molecule has 1 unspecified atom stereocenters. The smallest absolute Gasteiger partial charge is 0.303 e. The van der Waals surface area contributed by atoms with Crippen LogP contribution in [0.1, 0.15) is 30.1 Å². The molecule has 1 atom stereocenters. The highest BCUT2D eigenvalue weighted by atomic mass is 16.5. The normalized spacial score (nSPS) is 22.1. The maximum Gasteiger partial charge on any atom is 0.303 e. The molecule has 0 spiro atoms. The van der Waals surface area contributed by atoms with Gasteiger partial charge in [0.15, 0.2) is 6.10 Å². The fourth-order valence-corrected chi connectivity index (χ4v) is 5.20. The first-order valence-electron chi connectivity index (χ1n) is 12.5. The number of para-hydroxylation sites is 1. The number of Topliss-reactive ketones (excluding diaryl/α,β-unsaturated/α-hetero) is 1. The summed E-state index contributed by atoms with van der Waals surface area (Å²) >= 11 is 0. The van der Waals surface area contributed by atoms with Gasteiger partial charge in [-0.1, -0.05) is 54.6 Å². The van der Waals surface area contributed by atoms with Crippen molar-refractivity contribution in [2.45, 2.75) is 25.9 Å². The van der Waals surface area contributed by atoms with E-state index in [1.54, 1.807) is 7.11 Å². The molecule has 0 aliphatic carbocycles. The minimum absolute atomic E-state index is 0.00595. The standard InChI is InChI=1S/C17H22NO3.C13H13NO/c1-13(19)21-17-12-18(9-7-15(17)8-10-18)11-16(20)14-5-3-2-4-6-14;1-15-13-9-5-8-12(10-13)14-11-6-3-2-4-7-11/h2-6,15,17H,7-12H2,1H3;2-10,14H,1H3/q+1;. The summed E-state index contributed by atoms with van der Waals surface area (Å²) in [5, 5.41) is 3.30. The van der Waals surface area contributed by atoms with Gasteiger partial charge in [-0.15, -0.1) is 0 Å². The number of hydrogen-bond acceptors (Lipinski definition) is 5. The average molecular weight is 488 g/mol. The lowest BCUT2D eigenvalue weighted by molar-refractivity contribution is -0.938. The largest absolute Gasteiger partial charge is 0.497 e. The van der Waals surface area contributed by atoms with Crippen molar-refractivity contribution < 1.29 is 23.5 Å². The Morgan fingerprint density at radius 1 is 0.889 bits per heavy atom. The Balaban J connectivity index is 0.000000179. The van der Waals surface area contributed by atoms with Crippen LogP contribution in [0.15, 0.2) is 84.9 Å². The van der Waals surface area contributed by atoms with E-state index < -0.39 is 0 Å². The number of rotatable bonds is 7.